The summed E-state index contributed by atoms with van der Waals surface area (Å²) in [7, 11) is -3.74. The molecule has 1 aliphatic carbocycles. The van der Waals surface area contributed by atoms with Crippen LogP contribution in [-0.2, 0) is 10.0 Å². The molecule has 0 heterocycles. The van der Waals surface area contributed by atoms with E-state index >= 15 is 0 Å². The van der Waals surface area contributed by atoms with Crippen molar-refractivity contribution in [3.05, 3.63) is 35.4 Å². The van der Waals surface area contributed by atoms with Gasteiger partial charge in [0.2, 0.25) is 10.0 Å². The number of allylic oxidation sites excluding steroid dienone is 1. The molecule has 0 spiro atoms. The third-order valence-electron chi connectivity index (χ3n) is 4.76. The fraction of sp³-hybridized carbons (Fsp3) is 0.550. The van der Waals surface area contributed by atoms with Gasteiger partial charge in [0.05, 0.1) is 10.5 Å². The van der Waals surface area contributed by atoms with E-state index in [4.69, 9.17) is 0 Å². The largest absolute Gasteiger partial charge is 0.478 e. The summed E-state index contributed by atoms with van der Waals surface area (Å²) in [6.45, 7) is 4.41. The van der Waals surface area contributed by atoms with Crippen LogP contribution in [0.3, 0.4) is 0 Å². The maximum Gasteiger partial charge on any atom is 0.337 e. The van der Waals surface area contributed by atoms with Crippen molar-refractivity contribution >= 4 is 21.7 Å². The van der Waals surface area contributed by atoms with Crippen LogP contribution in [0, 0.1) is 0 Å². The van der Waals surface area contributed by atoms with E-state index in [-0.39, 0.29) is 16.5 Å². The minimum Gasteiger partial charge on any atom is -0.478 e. The van der Waals surface area contributed by atoms with Gasteiger partial charge in [0.15, 0.2) is 0 Å². The molecule has 6 nitrogen and oxygen atoms in total. The fourth-order valence-electron chi connectivity index (χ4n) is 3.34. The van der Waals surface area contributed by atoms with Crippen molar-refractivity contribution in [3.8, 4) is 0 Å². The first-order chi connectivity index (χ1) is 12.8. The van der Waals surface area contributed by atoms with E-state index in [0.29, 0.717) is 12.2 Å². The number of nitrogens with one attached hydrogen (secondary N) is 2. The molecule has 3 N–H and O–H groups in total. The van der Waals surface area contributed by atoms with Crippen molar-refractivity contribution in [3.63, 3.8) is 0 Å². The highest BCUT2D eigenvalue weighted by Gasteiger charge is 2.20. The molecule has 150 valence electrons. The van der Waals surface area contributed by atoms with Crippen LogP contribution in [0.4, 0.5) is 5.69 Å². The second kappa shape index (κ2) is 9.90. The van der Waals surface area contributed by atoms with Crippen LogP contribution in [0.1, 0.15) is 69.2 Å². The Morgan fingerprint density at radius 2 is 2.07 bits per heavy atom. The lowest BCUT2D eigenvalue weighted by atomic mass is 9.97. The van der Waals surface area contributed by atoms with Gasteiger partial charge >= 0.3 is 5.97 Å². The molecule has 1 aromatic carbocycles. The molecule has 0 amide bonds. The van der Waals surface area contributed by atoms with E-state index in [1.807, 2.05) is 6.92 Å². The number of aromatic carboxylic acids is 1. The summed E-state index contributed by atoms with van der Waals surface area (Å²) >= 11 is 0. The molecule has 0 aromatic heterocycles. The molecule has 1 aromatic rings. The molecule has 2 rings (SSSR count). The summed E-state index contributed by atoms with van der Waals surface area (Å²) in [4.78, 5) is 11.6. The molecule has 0 saturated carbocycles. The minimum absolute atomic E-state index is 0.0246. The van der Waals surface area contributed by atoms with E-state index in [2.05, 4.69) is 16.1 Å². The number of anilines is 1. The zero-order valence-corrected chi connectivity index (χ0v) is 16.9. The van der Waals surface area contributed by atoms with Gasteiger partial charge in [-0.15, -0.1) is 0 Å². The van der Waals surface area contributed by atoms with E-state index in [0.717, 1.165) is 32.1 Å². The highest BCUT2D eigenvalue weighted by Crippen LogP contribution is 2.23. The monoisotopic (exact) mass is 394 g/mol. The fourth-order valence-corrected chi connectivity index (χ4v) is 4.64. The second-order valence-corrected chi connectivity index (χ2v) is 8.82. The topological polar surface area (TPSA) is 95.5 Å². The summed E-state index contributed by atoms with van der Waals surface area (Å²) in [6, 6.07) is 4.02. The first-order valence-electron chi connectivity index (χ1n) is 9.65. The van der Waals surface area contributed by atoms with Crippen LogP contribution in [0.25, 0.3) is 0 Å². The Labute approximate surface area is 162 Å². The Kier molecular flexibility index (Phi) is 7.86. The molecule has 27 heavy (non-hydrogen) atoms. The molecule has 0 bridgehead atoms. The number of carboxylic acid groups (broad SMARTS) is 1. The van der Waals surface area contributed by atoms with Gasteiger partial charge in [0, 0.05) is 18.3 Å². The minimum atomic E-state index is -3.74. The van der Waals surface area contributed by atoms with Gasteiger partial charge in [-0.05, 0) is 63.6 Å². The van der Waals surface area contributed by atoms with Gasteiger partial charge in [-0.2, -0.15) is 0 Å². The van der Waals surface area contributed by atoms with Gasteiger partial charge in [-0.3, -0.25) is 0 Å². The number of hydrogen-bond acceptors (Lipinski definition) is 4. The number of carbonyl (C=O) groups is 1. The molecule has 0 saturated heterocycles. The molecule has 1 atom stereocenters. The lowest BCUT2D eigenvalue weighted by Crippen LogP contribution is -2.32. The van der Waals surface area contributed by atoms with Gasteiger partial charge < -0.3 is 10.4 Å². The number of carboxylic acids is 1. The molecule has 1 unspecified atom stereocenters. The van der Waals surface area contributed by atoms with Crippen LogP contribution < -0.4 is 10.0 Å². The summed E-state index contributed by atoms with van der Waals surface area (Å²) in [5.41, 5.74) is 1.82. The zero-order valence-electron chi connectivity index (χ0n) is 16.1. The van der Waals surface area contributed by atoms with Gasteiger partial charge in [0.1, 0.15) is 0 Å². The second-order valence-electron chi connectivity index (χ2n) is 7.11. The van der Waals surface area contributed by atoms with Crippen molar-refractivity contribution in [1.29, 1.82) is 0 Å². The molecular formula is C20H30N2O4S. The first kappa shape index (κ1) is 21.4. The SMILES string of the molecule is CCCC(C)NS(=O)(=O)c1ccc(NCCC2=CCCCC2)c(C(=O)O)c1. The molecule has 0 fully saturated rings. The normalized spacial score (nSPS) is 15.9. The molecule has 7 heteroatoms. The van der Waals surface area contributed by atoms with Crippen LogP contribution >= 0.6 is 0 Å². The number of sulfonamides is 1. The Morgan fingerprint density at radius 3 is 2.70 bits per heavy atom. The van der Waals surface area contributed by atoms with Crippen LogP contribution in [0.2, 0.25) is 0 Å². The smallest absolute Gasteiger partial charge is 0.337 e. The van der Waals surface area contributed by atoms with Crippen LogP contribution in [-0.4, -0.2) is 32.1 Å². The van der Waals surface area contributed by atoms with Crippen LogP contribution in [0.5, 0.6) is 0 Å². The third kappa shape index (κ3) is 6.36. The van der Waals surface area contributed by atoms with Gasteiger partial charge in [-0.1, -0.05) is 25.0 Å². The van der Waals surface area contributed by atoms with Crippen molar-refractivity contribution in [1.82, 2.24) is 4.72 Å². The maximum atomic E-state index is 12.5. The number of benzene rings is 1. The summed E-state index contributed by atoms with van der Waals surface area (Å²) in [5.74, 6) is -1.15. The predicted octanol–water partition coefficient (Wildman–Crippen LogP) is 4.15. The van der Waals surface area contributed by atoms with E-state index in [9.17, 15) is 18.3 Å². The Morgan fingerprint density at radius 1 is 1.30 bits per heavy atom. The van der Waals surface area contributed by atoms with E-state index in [1.54, 1.807) is 6.92 Å². The van der Waals surface area contributed by atoms with E-state index < -0.39 is 16.0 Å². The van der Waals surface area contributed by atoms with Gasteiger partial charge in [-0.25, -0.2) is 17.9 Å². The zero-order chi connectivity index (χ0) is 19.9. The van der Waals surface area contributed by atoms with Crippen LogP contribution in [0.15, 0.2) is 34.7 Å². The lowest BCUT2D eigenvalue weighted by molar-refractivity contribution is 0.0697. The quantitative estimate of drug-likeness (QED) is 0.518. The average Bonchev–Trinajstić information content (AvgIpc) is 2.62. The Bertz CT molecular complexity index is 787. The molecule has 1 aliphatic rings. The Balaban J connectivity index is 2.11. The molecule has 0 radical (unpaired) electrons. The summed E-state index contributed by atoms with van der Waals surface area (Å²) in [6.07, 6.45) is 9.39. The van der Waals surface area contributed by atoms with Crippen molar-refractivity contribution in [2.24, 2.45) is 0 Å². The van der Waals surface area contributed by atoms with Gasteiger partial charge in [0.25, 0.3) is 0 Å². The predicted molar refractivity (Wildman–Crippen MR) is 108 cm³/mol. The standard InChI is InChI=1S/C20H30N2O4S/c1-3-7-15(2)22-27(25,26)17-10-11-19(18(14-17)20(23)24)21-13-12-16-8-5-4-6-9-16/h8,10-11,14-15,21-22H,3-7,9,12-13H2,1-2H3,(H,23,24). The maximum absolute atomic E-state index is 12.5. The number of rotatable bonds is 10. The summed E-state index contributed by atoms with van der Waals surface area (Å²) < 4.78 is 27.6. The highest BCUT2D eigenvalue weighted by atomic mass is 32.2. The summed E-state index contributed by atoms with van der Waals surface area (Å²) in [5, 5.41) is 12.6. The average molecular weight is 395 g/mol. The van der Waals surface area contributed by atoms with Crippen molar-refractivity contribution in [2.45, 2.75) is 69.7 Å². The lowest BCUT2D eigenvalue weighted by Gasteiger charge is -2.16. The first-order valence-corrected chi connectivity index (χ1v) is 11.1. The van der Waals surface area contributed by atoms with E-state index in [1.165, 1.54) is 36.6 Å². The number of hydrogen-bond donors (Lipinski definition) is 3. The van der Waals surface area contributed by atoms with Crippen molar-refractivity contribution < 1.29 is 18.3 Å². The highest BCUT2D eigenvalue weighted by molar-refractivity contribution is 7.89. The Hall–Kier alpha value is -1.86. The molecule has 0 aliphatic heterocycles. The third-order valence-corrected chi connectivity index (χ3v) is 6.34. The molecular weight excluding hydrogens is 364 g/mol. The van der Waals surface area contributed by atoms with Crippen molar-refractivity contribution in [2.75, 3.05) is 11.9 Å².